The molecule has 1 saturated heterocycles. The first-order valence-electron chi connectivity index (χ1n) is 11.1. The summed E-state index contributed by atoms with van der Waals surface area (Å²) < 4.78 is 18.4. The van der Waals surface area contributed by atoms with Gasteiger partial charge in [0.25, 0.3) is 5.91 Å². The molecule has 33 heavy (non-hydrogen) atoms. The molecular weight excluding hydrogens is 419 g/mol. The second kappa shape index (κ2) is 10.3. The molecule has 1 heterocycles. The van der Waals surface area contributed by atoms with Crippen LogP contribution in [0.4, 0.5) is 4.39 Å². The van der Waals surface area contributed by atoms with Crippen LogP contribution in [0.2, 0.25) is 0 Å². The van der Waals surface area contributed by atoms with Crippen LogP contribution in [-0.2, 0) is 11.2 Å². The van der Waals surface area contributed by atoms with Crippen LogP contribution in [0.3, 0.4) is 0 Å². The smallest absolute Gasteiger partial charge is 0.253 e. The zero-order valence-corrected chi connectivity index (χ0v) is 18.6. The minimum atomic E-state index is -0.314. The third-order valence-electron chi connectivity index (χ3n) is 5.98. The molecule has 3 aromatic rings. The Balaban J connectivity index is 1.30. The molecule has 0 unspecified atom stereocenters. The molecule has 0 saturated carbocycles. The minimum absolute atomic E-state index is 0.00216. The van der Waals surface area contributed by atoms with Gasteiger partial charge in [0.05, 0.1) is 13.5 Å². The molecule has 0 bridgehead atoms. The van der Waals surface area contributed by atoms with Gasteiger partial charge in [-0.1, -0.05) is 42.5 Å². The van der Waals surface area contributed by atoms with Crippen LogP contribution < -0.4 is 10.1 Å². The minimum Gasteiger partial charge on any atom is -0.496 e. The molecule has 5 nitrogen and oxygen atoms in total. The number of nitrogens with zero attached hydrogens (tertiary/aromatic N) is 1. The third kappa shape index (κ3) is 5.58. The zero-order chi connectivity index (χ0) is 23.2. The molecule has 0 radical (unpaired) electrons. The molecule has 170 valence electrons. The van der Waals surface area contributed by atoms with Gasteiger partial charge in [0.1, 0.15) is 11.6 Å². The van der Waals surface area contributed by atoms with Crippen LogP contribution in [0.5, 0.6) is 5.75 Å². The van der Waals surface area contributed by atoms with Crippen molar-refractivity contribution in [2.45, 2.75) is 25.3 Å². The predicted molar refractivity (Wildman–Crippen MR) is 126 cm³/mol. The second-order valence-electron chi connectivity index (χ2n) is 8.21. The topological polar surface area (TPSA) is 58.6 Å². The first-order chi connectivity index (χ1) is 16.0. The Kier molecular flexibility index (Phi) is 7.03. The summed E-state index contributed by atoms with van der Waals surface area (Å²) in [6, 6.07) is 21.4. The van der Waals surface area contributed by atoms with Gasteiger partial charge in [0, 0.05) is 30.3 Å². The standard InChI is InChI=1S/C27H27FN2O3/c1-33-25-5-3-2-4-24(25)20-8-10-21(11-9-20)27(32)30-16-14-23(15-17-30)29-26(31)18-19-6-12-22(28)13-7-19/h2-13,23H,14-18H2,1H3,(H,29,31). The van der Waals surface area contributed by atoms with Crippen molar-refractivity contribution in [3.63, 3.8) is 0 Å². The van der Waals surface area contributed by atoms with Crippen molar-refractivity contribution in [3.05, 3.63) is 89.7 Å². The van der Waals surface area contributed by atoms with Crippen molar-refractivity contribution in [2.75, 3.05) is 20.2 Å². The van der Waals surface area contributed by atoms with Crippen LogP contribution in [0.1, 0.15) is 28.8 Å². The number of likely N-dealkylation sites (tertiary alicyclic amines) is 1. The molecule has 3 aromatic carbocycles. The summed E-state index contributed by atoms with van der Waals surface area (Å²) in [6.45, 7) is 1.18. The van der Waals surface area contributed by atoms with Crippen molar-refractivity contribution in [3.8, 4) is 16.9 Å². The van der Waals surface area contributed by atoms with Crippen LogP contribution >= 0.6 is 0 Å². The normalized spacial score (nSPS) is 14.1. The summed E-state index contributed by atoms with van der Waals surface area (Å²) in [5, 5.41) is 3.04. The van der Waals surface area contributed by atoms with Crippen LogP contribution in [0, 0.1) is 5.82 Å². The van der Waals surface area contributed by atoms with E-state index >= 15 is 0 Å². The quantitative estimate of drug-likeness (QED) is 0.608. The number of nitrogens with one attached hydrogen (secondary N) is 1. The number of carbonyl (C=O) groups excluding carboxylic acids is 2. The number of hydrogen-bond acceptors (Lipinski definition) is 3. The number of hydrogen-bond donors (Lipinski definition) is 1. The number of para-hydroxylation sites is 1. The number of benzene rings is 3. The van der Waals surface area contributed by atoms with E-state index < -0.39 is 0 Å². The van der Waals surface area contributed by atoms with E-state index in [4.69, 9.17) is 4.74 Å². The molecule has 6 heteroatoms. The van der Waals surface area contributed by atoms with Crippen molar-refractivity contribution in [2.24, 2.45) is 0 Å². The molecule has 4 rings (SSSR count). The number of ether oxygens (including phenoxy) is 1. The van der Waals surface area contributed by atoms with Crippen LogP contribution in [-0.4, -0.2) is 43.0 Å². The van der Waals surface area contributed by atoms with Gasteiger partial charge in [-0.3, -0.25) is 9.59 Å². The molecular formula is C27H27FN2O3. The van der Waals surface area contributed by atoms with Gasteiger partial charge >= 0.3 is 0 Å². The summed E-state index contributed by atoms with van der Waals surface area (Å²) in [4.78, 5) is 27.1. The number of rotatable bonds is 6. The maximum Gasteiger partial charge on any atom is 0.253 e. The van der Waals surface area contributed by atoms with Gasteiger partial charge in [-0.05, 0) is 54.3 Å². The van der Waals surface area contributed by atoms with Crippen molar-refractivity contribution in [1.82, 2.24) is 10.2 Å². The lowest BCUT2D eigenvalue weighted by molar-refractivity contribution is -0.121. The average molecular weight is 447 g/mol. The second-order valence-corrected chi connectivity index (χ2v) is 8.21. The van der Waals surface area contributed by atoms with E-state index in [1.54, 1.807) is 19.2 Å². The van der Waals surface area contributed by atoms with Crippen LogP contribution in [0.25, 0.3) is 11.1 Å². The highest BCUT2D eigenvalue weighted by atomic mass is 19.1. The van der Waals surface area contributed by atoms with Crippen molar-refractivity contribution >= 4 is 11.8 Å². The fraction of sp³-hybridized carbons (Fsp3) is 0.259. The summed E-state index contributed by atoms with van der Waals surface area (Å²) in [5.41, 5.74) is 3.40. The predicted octanol–water partition coefficient (Wildman–Crippen LogP) is 4.46. The van der Waals surface area contributed by atoms with E-state index in [9.17, 15) is 14.0 Å². The molecule has 0 aliphatic carbocycles. The monoisotopic (exact) mass is 446 g/mol. The lowest BCUT2D eigenvalue weighted by Gasteiger charge is -2.32. The fourth-order valence-electron chi connectivity index (χ4n) is 4.15. The highest BCUT2D eigenvalue weighted by Crippen LogP contribution is 2.29. The van der Waals surface area contributed by atoms with Gasteiger partial charge < -0.3 is 15.0 Å². The summed E-state index contributed by atoms with van der Waals surface area (Å²) in [6.07, 6.45) is 1.64. The largest absolute Gasteiger partial charge is 0.496 e. The Bertz CT molecular complexity index is 1100. The summed E-state index contributed by atoms with van der Waals surface area (Å²) >= 11 is 0. The molecule has 1 aliphatic heterocycles. The van der Waals surface area contributed by atoms with Crippen molar-refractivity contribution in [1.29, 1.82) is 0 Å². The third-order valence-corrected chi connectivity index (χ3v) is 5.98. The molecule has 0 atom stereocenters. The Morgan fingerprint density at radius 3 is 2.30 bits per heavy atom. The Morgan fingerprint density at radius 2 is 1.64 bits per heavy atom. The highest BCUT2D eigenvalue weighted by Gasteiger charge is 2.24. The molecule has 1 fully saturated rings. The molecule has 0 spiro atoms. The SMILES string of the molecule is COc1ccccc1-c1ccc(C(=O)N2CCC(NC(=O)Cc3ccc(F)cc3)CC2)cc1. The number of carbonyl (C=O) groups is 2. The number of halogens is 1. The van der Waals surface area contributed by atoms with Gasteiger partial charge in [-0.2, -0.15) is 0 Å². The Labute approximate surface area is 193 Å². The van der Waals surface area contributed by atoms with E-state index in [-0.39, 0.29) is 30.1 Å². The fourth-order valence-corrected chi connectivity index (χ4v) is 4.15. The first kappa shape index (κ1) is 22.5. The molecule has 0 aromatic heterocycles. The highest BCUT2D eigenvalue weighted by molar-refractivity contribution is 5.95. The zero-order valence-electron chi connectivity index (χ0n) is 18.6. The van der Waals surface area contributed by atoms with Crippen LogP contribution in [0.15, 0.2) is 72.8 Å². The lowest BCUT2D eigenvalue weighted by atomic mass is 10.0. The van der Waals surface area contributed by atoms with Gasteiger partial charge in [0.15, 0.2) is 0 Å². The maximum atomic E-state index is 13.0. The summed E-state index contributed by atoms with van der Waals surface area (Å²) in [7, 11) is 1.64. The van der Waals surface area contributed by atoms with Crippen molar-refractivity contribution < 1.29 is 18.7 Å². The van der Waals surface area contributed by atoms with Gasteiger partial charge in [-0.25, -0.2) is 4.39 Å². The number of methoxy groups -OCH3 is 1. The van der Waals surface area contributed by atoms with Gasteiger partial charge in [0.2, 0.25) is 5.91 Å². The van der Waals surface area contributed by atoms with E-state index in [0.717, 1.165) is 22.4 Å². The molecule has 1 aliphatic rings. The van der Waals surface area contributed by atoms with E-state index in [0.29, 0.717) is 31.5 Å². The van der Waals surface area contributed by atoms with E-state index in [1.165, 1.54) is 12.1 Å². The number of amides is 2. The molecule has 2 amide bonds. The lowest BCUT2D eigenvalue weighted by Crippen LogP contribution is -2.46. The maximum absolute atomic E-state index is 13.0. The van der Waals surface area contributed by atoms with Gasteiger partial charge in [-0.15, -0.1) is 0 Å². The first-order valence-corrected chi connectivity index (χ1v) is 11.1. The Hall–Kier alpha value is -3.67. The Morgan fingerprint density at radius 1 is 0.970 bits per heavy atom. The van der Waals surface area contributed by atoms with E-state index in [1.807, 2.05) is 53.4 Å². The average Bonchev–Trinajstić information content (AvgIpc) is 2.85. The van der Waals surface area contributed by atoms with E-state index in [2.05, 4.69) is 5.32 Å². The number of piperidine rings is 1. The summed E-state index contributed by atoms with van der Waals surface area (Å²) in [5.74, 6) is 0.390. The molecule has 1 N–H and O–H groups in total.